The third-order valence-corrected chi connectivity index (χ3v) is 15.7. The quantitative estimate of drug-likeness (QED) is 0.0714. The lowest BCUT2D eigenvalue weighted by Gasteiger charge is -2.27. The molecule has 0 bridgehead atoms. The van der Waals surface area contributed by atoms with E-state index in [1.807, 2.05) is 38.1 Å². The van der Waals surface area contributed by atoms with Gasteiger partial charge in [-0.2, -0.15) is 8.61 Å². The highest BCUT2D eigenvalue weighted by Crippen LogP contribution is 2.29. The van der Waals surface area contributed by atoms with E-state index >= 15 is 0 Å². The first-order valence-corrected chi connectivity index (χ1v) is 23.4. The number of fused-ring (bicyclic) bond motifs is 2. The minimum Gasteiger partial charge on any atom is -0.274 e. The number of hydrogen-bond acceptors (Lipinski definition) is 8. The first-order valence-electron chi connectivity index (χ1n) is 20.5. The summed E-state index contributed by atoms with van der Waals surface area (Å²) in [7, 11) is -7.98. The van der Waals surface area contributed by atoms with Gasteiger partial charge in [-0.25, -0.2) is 16.8 Å². The number of aryl methyl sites for hydroxylation is 6. The van der Waals surface area contributed by atoms with Crippen molar-refractivity contribution < 1.29 is 36.0 Å². The Balaban J connectivity index is 1.15. The number of carbonyl (C=O) groups excluding carboxylic acids is 4. The lowest BCUT2D eigenvalue weighted by Crippen LogP contribution is -2.37. The number of hydrogen-bond donors (Lipinski definition) is 0. The second-order valence-electron chi connectivity index (χ2n) is 16.0. The summed E-state index contributed by atoms with van der Waals surface area (Å²) in [6.07, 6.45) is 2.27. The average molecular weight is 855 g/mol. The number of benzene rings is 4. The van der Waals surface area contributed by atoms with Crippen molar-refractivity contribution in [3.63, 3.8) is 0 Å². The van der Waals surface area contributed by atoms with Crippen LogP contribution in [-0.2, 0) is 20.0 Å². The maximum atomic E-state index is 14.4. The van der Waals surface area contributed by atoms with Gasteiger partial charge in [0.05, 0.1) is 32.0 Å². The van der Waals surface area contributed by atoms with E-state index in [1.165, 1.54) is 18.4 Å². The number of sulfonamides is 2. The molecule has 60 heavy (non-hydrogen) atoms. The van der Waals surface area contributed by atoms with Crippen LogP contribution in [-0.4, -0.2) is 98.1 Å². The van der Waals surface area contributed by atoms with Gasteiger partial charge in [0, 0.05) is 39.3 Å². The van der Waals surface area contributed by atoms with Gasteiger partial charge in [0.15, 0.2) is 0 Å². The summed E-state index contributed by atoms with van der Waals surface area (Å²) in [5.74, 6) is -1.43. The third-order valence-electron chi connectivity index (χ3n) is 11.3. The molecule has 0 aliphatic carbocycles. The molecule has 0 saturated carbocycles. The van der Waals surface area contributed by atoms with Gasteiger partial charge >= 0.3 is 0 Å². The number of nitrogens with zero attached hydrogens (tertiary/aromatic N) is 4. The van der Waals surface area contributed by atoms with Crippen molar-refractivity contribution in [2.24, 2.45) is 0 Å². The molecule has 0 spiro atoms. The zero-order valence-corrected chi connectivity index (χ0v) is 36.9. The molecule has 0 atom stereocenters. The van der Waals surface area contributed by atoms with Crippen LogP contribution in [0.2, 0.25) is 0 Å². The molecule has 0 aromatic heterocycles. The van der Waals surface area contributed by atoms with E-state index in [0.29, 0.717) is 83.0 Å². The SMILES string of the molecule is Cc1cc(C)c(S(=O)(=O)N(CCCCN2C(=O)c3ccccc3C2=O)CCCCN(CCCCN2C(=O)c3ccccc3C2=O)S(=O)(=O)c2c(C)cc(C)cc2C)c(C)c1. The maximum absolute atomic E-state index is 14.4. The van der Waals surface area contributed by atoms with Gasteiger partial charge in [0.1, 0.15) is 0 Å². The molecule has 4 aromatic rings. The number of rotatable bonds is 19. The molecule has 6 rings (SSSR count). The van der Waals surface area contributed by atoms with Crippen molar-refractivity contribution >= 4 is 43.7 Å². The largest absolute Gasteiger partial charge is 0.274 e. The summed E-state index contributed by atoms with van der Waals surface area (Å²) in [6, 6.07) is 20.7. The van der Waals surface area contributed by atoms with E-state index in [-0.39, 0.29) is 72.7 Å². The molecule has 14 heteroatoms. The van der Waals surface area contributed by atoms with Crippen molar-refractivity contribution in [1.29, 1.82) is 0 Å². The van der Waals surface area contributed by atoms with E-state index in [9.17, 15) is 36.0 Å². The Morgan fingerprint density at radius 2 is 0.667 bits per heavy atom. The summed E-state index contributed by atoms with van der Waals surface area (Å²) in [5.41, 5.74) is 5.87. The monoisotopic (exact) mass is 854 g/mol. The van der Waals surface area contributed by atoms with E-state index in [2.05, 4.69) is 0 Å². The first-order chi connectivity index (χ1) is 28.4. The van der Waals surface area contributed by atoms with Gasteiger partial charge in [0.25, 0.3) is 23.6 Å². The first kappa shape index (κ1) is 44.5. The molecule has 2 heterocycles. The van der Waals surface area contributed by atoms with Gasteiger partial charge in [0.2, 0.25) is 20.0 Å². The Morgan fingerprint density at radius 3 is 0.933 bits per heavy atom. The maximum Gasteiger partial charge on any atom is 0.261 e. The summed E-state index contributed by atoms with van der Waals surface area (Å²) in [6.45, 7) is 11.8. The molecule has 0 radical (unpaired) electrons. The third kappa shape index (κ3) is 9.02. The number of amides is 4. The van der Waals surface area contributed by atoms with Gasteiger partial charge in [-0.15, -0.1) is 0 Å². The van der Waals surface area contributed by atoms with Crippen LogP contribution in [0, 0.1) is 41.5 Å². The normalized spacial score (nSPS) is 14.3. The molecule has 318 valence electrons. The van der Waals surface area contributed by atoms with E-state index in [0.717, 1.165) is 11.1 Å². The molecular weight excluding hydrogens is 801 g/mol. The molecule has 2 aliphatic rings. The molecule has 0 saturated heterocycles. The van der Waals surface area contributed by atoms with Crippen LogP contribution in [0.3, 0.4) is 0 Å². The molecule has 0 fully saturated rings. The molecule has 12 nitrogen and oxygen atoms in total. The lowest BCUT2D eigenvalue weighted by molar-refractivity contribution is 0.0635. The number of unbranched alkanes of at least 4 members (excludes halogenated alkanes) is 3. The summed E-state index contributed by atoms with van der Waals surface area (Å²) >= 11 is 0. The minimum absolute atomic E-state index is 0.123. The van der Waals surface area contributed by atoms with Crippen molar-refractivity contribution in [3.05, 3.63) is 128 Å². The molecular formula is C46H54N4O8S2. The van der Waals surface area contributed by atoms with Crippen molar-refractivity contribution in [2.45, 2.75) is 89.9 Å². The van der Waals surface area contributed by atoms with E-state index in [1.54, 1.807) is 76.2 Å². The van der Waals surface area contributed by atoms with Crippen LogP contribution in [0.15, 0.2) is 82.6 Å². The fourth-order valence-electron chi connectivity index (χ4n) is 8.69. The standard InChI is InChI=1S/C46H54N4O8S2/c1-31-27-33(3)41(34(4)28-31)59(55,56)47(23-13-15-25-49-43(51)37-17-7-8-18-38(37)44(49)52)21-11-12-22-48(60(57,58)42-35(5)29-32(2)30-36(42)6)24-14-16-26-50-45(53)39-19-9-10-20-40(39)46(50)54/h7-10,17-20,27-30H,11-16,21-26H2,1-6H3. The second kappa shape index (κ2) is 18.3. The topological polar surface area (TPSA) is 150 Å². The Morgan fingerprint density at radius 1 is 0.417 bits per heavy atom. The van der Waals surface area contributed by atoms with Crippen LogP contribution in [0.25, 0.3) is 0 Å². The van der Waals surface area contributed by atoms with Crippen LogP contribution in [0.1, 0.15) is 113 Å². The van der Waals surface area contributed by atoms with Gasteiger partial charge < -0.3 is 0 Å². The van der Waals surface area contributed by atoms with Crippen LogP contribution in [0.4, 0.5) is 0 Å². The molecule has 0 N–H and O–H groups in total. The summed E-state index contributed by atoms with van der Waals surface area (Å²) in [5, 5.41) is 0. The summed E-state index contributed by atoms with van der Waals surface area (Å²) < 4.78 is 60.5. The number of carbonyl (C=O) groups is 4. The minimum atomic E-state index is -3.99. The predicted molar refractivity (Wildman–Crippen MR) is 230 cm³/mol. The molecule has 2 aliphatic heterocycles. The molecule has 4 aromatic carbocycles. The van der Waals surface area contributed by atoms with E-state index in [4.69, 9.17) is 0 Å². The Bertz CT molecular complexity index is 2280. The van der Waals surface area contributed by atoms with Crippen molar-refractivity contribution in [3.8, 4) is 0 Å². The van der Waals surface area contributed by atoms with Gasteiger partial charge in [-0.05, 0) is 127 Å². The van der Waals surface area contributed by atoms with Crippen LogP contribution < -0.4 is 0 Å². The van der Waals surface area contributed by atoms with Crippen molar-refractivity contribution in [2.75, 3.05) is 39.3 Å². The fourth-order valence-corrected chi connectivity index (χ4v) is 12.5. The van der Waals surface area contributed by atoms with Crippen molar-refractivity contribution in [1.82, 2.24) is 18.4 Å². The number of imide groups is 2. The van der Waals surface area contributed by atoms with Gasteiger partial charge in [-0.3, -0.25) is 29.0 Å². The Labute approximate surface area is 354 Å². The average Bonchev–Trinajstić information content (AvgIpc) is 3.56. The van der Waals surface area contributed by atoms with Crippen LogP contribution >= 0.6 is 0 Å². The smallest absolute Gasteiger partial charge is 0.261 e. The Kier molecular flexibility index (Phi) is 13.6. The Hall–Kier alpha value is -5.02. The highest BCUT2D eigenvalue weighted by molar-refractivity contribution is 7.89. The van der Waals surface area contributed by atoms with E-state index < -0.39 is 20.0 Å². The predicted octanol–water partition coefficient (Wildman–Crippen LogP) is 7.15. The zero-order valence-electron chi connectivity index (χ0n) is 35.3. The second-order valence-corrected chi connectivity index (χ2v) is 19.7. The lowest BCUT2D eigenvalue weighted by atomic mass is 10.1. The molecule has 0 unspecified atom stereocenters. The summed E-state index contributed by atoms with van der Waals surface area (Å²) in [4.78, 5) is 54.7. The molecule has 4 amide bonds. The fraction of sp³-hybridized carbons (Fsp3) is 0.391. The van der Waals surface area contributed by atoms with Gasteiger partial charge in [-0.1, -0.05) is 59.7 Å². The van der Waals surface area contributed by atoms with Crippen LogP contribution in [0.5, 0.6) is 0 Å². The highest BCUT2D eigenvalue weighted by Gasteiger charge is 2.36. The zero-order chi connectivity index (χ0) is 43.5. The highest BCUT2D eigenvalue weighted by atomic mass is 32.2.